The number of aliphatic carboxylic acids is 1. The van der Waals surface area contributed by atoms with Crippen molar-refractivity contribution in [3.63, 3.8) is 0 Å². The van der Waals surface area contributed by atoms with Gasteiger partial charge in [-0.05, 0) is 6.54 Å². The first-order valence-corrected chi connectivity index (χ1v) is 6.08. The van der Waals surface area contributed by atoms with Crippen molar-refractivity contribution < 1.29 is 24.2 Å². The van der Waals surface area contributed by atoms with Crippen LogP contribution in [0.5, 0.6) is 0 Å². The van der Waals surface area contributed by atoms with Crippen LogP contribution >= 0.6 is 0 Å². The molecule has 108 valence electrons. The first kappa shape index (κ1) is 15.4. The van der Waals surface area contributed by atoms with Crippen LogP contribution in [0.2, 0.25) is 0 Å². The third-order valence-corrected chi connectivity index (χ3v) is 2.90. The average Bonchev–Trinajstić information content (AvgIpc) is 2.76. The lowest BCUT2D eigenvalue weighted by molar-refractivity contribution is -0.144. The van der Waals surface area contributed by atoms with Gasteiger partial charge in [-0.15, -0.1) is 0 Å². The Morgan fingerprint density at radius 3 is 2.63 bits per heavy atom. The Kier molecular flexibility index (Phi) is 5.71. The molecule has 2 amide bonds. The summed E-state index contributed by atoms with van der Waals surface area (Å²) < 4.78 is 5.20. The maximum Gasteiger partial charge on any atom is 0.326 e. The fourth-order valence-electron chi connectivity index (χ4n) is 1.96. The fourth-order valence-corrected chi connectivity index (χ4v) is 1.96. The van der Waals surface area contributed by atoms with Gasteiger partial charge in [-0.3, -0.25) is 9.59 Å². The number of hydrogen-bond donors (Lipinski definition) is 4. The van der Waals surface area contributed by atoms with E-state index in [-0.39, 0.29) is 12.6 Å². The Morgan fingerprint density at radius 1 is 1.42 bits per heavy atom. The molecule has 5 N–H and O–H groups in total. The summed E-state index contributed by atoms with van der Waals surface area (Å²) >= 11 is 0. The molecule has 0 aromatic rings. The molecule has 0 aromatic carbocycles. The van der Waals surface area contributed by atoms with E-state index in [1.165, 1.54) is 0 Å². The van der Waals surface area contributed by atoms with Crippen LogP contribution in [0, 0.1) is 5.92 Å². The van der Waals surface area contributed by atoms with Crippen molar-refractivity contribution >= 4 is 17.8 Å². The molecule has 3 atom stereocenters. The number of carboxylic acids is 1. The van der Waals surface area contributed by atoms with Gasteiger partial charge in [0.1, 0.15) is 6.04 Å². The third kappa shape index (κ3) is 4.49. The molecule has 1 aliphatic heterocycles. The van der Waals surface area contributed by atoms with Gasteiger partial charge in [-0.1, -0.05) is 6.92 Å². The zero-order valence-corrected chi connectivity index (χ0v) is 10.7. The van der Waals surface area contributed by atoms with E-state index in [1.807, 2.05) is 6.92 Å². The van der Waals surface area contributed by atoms with Gasteiger partial charge in [0.2, 0.25) is 11.8 Å². The Morgan fingerprint density at radius 2 is 2.11 bits per heavy atom. The summed E-state index contributed by atoms with van der Waals surface area (Å²) in [5.41, 5.74) is 4.94. The number of hydrogen-bond acceptors (Lipinski definition) is 5. The molecule has 1 fully saturated rings. The van der Waals surface area contributed by atoms with Gasteiger partial charge in [0, 0.05) is 6.04 Å². The molecule has 0 spiro atoms. The summed E-state index contributed by atoms with van der Waals surface area (Å²) in [5.74, 6) is -2.98. The summed E-state index contributed by atoms with van der Waals surface area (Å²) in [7, 11) is 0. The lowest BCUT2D eigenvalue weighted by Crippen LogP contribution is -2.50. The highest BCUT2D eigenvalue weighted by Crippen LogP contribution is 2.14. The van der Waals surface area contributed by atoms with Crippen molar-refractivity contribution in [3.05, 3.63) is 0 Å². The molecule has 19 heavy (non-hydrogen) atoms. The van der Waals surface area contributed by atoms with E-state index in [1.54, 1.807) is 0 Å². The molecule has 1 rings (SSSR count). The monoisotopic (exact) mass is 273 g/mol. The van der Waals surface area contributed by atoms with Gasteiger partial charge in [0.15, 0.2) is 0 Å². The van der Waals surface area contributed by atoms with Crippen LogP contribution in [-0.4, -0.2) is 54.7 Å². The summed E-state index contributed by atoms with van der Waals surface area (Å²) in [6.07, 6.45) is -0.430. The van der Waals surface area contributed by atoms with Crippen molar-refractivity contribution in [3.8, 4) is 0 Å². The largest absolute Gasteiger partial charge is 0.480 e. The number of nitrogens with two attached hydrogens (primary N) is 1. The minimum atomic E-state index is -1.30. The number of rotatable bonds is 7. The summed E-state index contributed by atoms with van der Waals surface area (Å²) in [5, 5.41) is 14.3. The molecular formula is C11H19N3O5. The van der Waals surface area contributed by atoms with E-state index in [0.29, 0.717) is 13.2 Å². The van der Waals surface area contributed by atoms with Crippen LogP contribution < -0.4 is 16.4 Å². The molecule has 1 aliphatic rings. The molecule has 0 aromatic heterocycles. The molecule has 8 heteroatoms. The second-order valence-electron chi connectivity index (χ2n) is 4.38. The van der Waals surface area contributed by atoms with E-state index in [2.05, 4.69) is 10.6 Å². The third-order valence-electron chi connectivity index (χ3n) is 2.90. The zero-order valence-electron chi connectivity index (χ0n) is 10.7. The Balaban J connectivity index is 2.60. The number of carboxylic acid groups (broad SMARTS) is 1. The van der Waals surface area contributed by atoms with E-state index in [4.69, 9.17) is 15.6 Å². The quantitative estimate of drug-likeness (QED) is 0.426. The first-order valence-electron chi connectivity index (χ1n) is 6.08. The fraction of sp³-hybridized carbons (Fsp3) is 0.727. The molecule has 8 nitrogen and oxygen atoms in total. The van der Waals surface area contributed by atoms with Crippen molar-refractivity contribution in [1.29, 1.82) is 0 Å². The number of carbonyl (C=O) groups is 3. The summed E-state index contributed by atoms with van der Waals surface area (Å²) in [4.78, 5) is 33.7. The topological polar surface area (TPSA) is 131 Å². The van der Waals surface area contributed by atoms with E-state index in [0.717, 1.165) is 0 Å². The maximum absolute atomic E-state index is 12.0. The van der Waals surface area contributed by atoms with Crippen molar-refractivity contribution in [2.75, 3.05) is 19.8 Å². The minimum absolute atomic E-state index is 0.145. The number of ether oxygens (including phenoxy) is 1. The number of amides is 2. The molecule has 1 saturated heterocycles. The second kappa shape index (κ2) is 7.05. The molecular weight excluding hydrogens is 254 g/mol. The van der Waals surface area contributed by atoms with Crippen LogP contribution in [0.3, 0.4) is 0 Å². The van der Waals surface area contributed by atoms with Crippen LogP contribution in [0.1, 0.15) is 13.3 Å². The minimum Gasteiger partial charge on any atom is -0.480 e. The van der Waals surface area contributed by atoms with E-state index >= 15 is 0 Å². The van der Waals surface area contributed by atoms with Gasteiger partial charge in [0.25, 0.3) is 0 Å². The van der Waals surface area contributed by atoms with Gasteiger partial charge in [0.05, 0.1) is 25.6 Å². The molecule has 0 bridgehead atoms. The zero-order chi connectivity index (χ0) is 14.4. The summed E-state index contributed by atoms with van der Waals surface area (Å²) in [6, 6.07) is -1.44. The van der Waals surface area contributed by atoms with Gasteiger partial charge in [-0.2, -0.15) is 0 Å². The Labute approximate surface area is 110 Å². The number of primary amides is 1. The normalized spacial score (nSPS) is 23.8. The molecule has 0 saturated carbocycles. The predicted octanol–water partition coefficient (Wildman–Crippen LogP) is -1.94. The summed E-state index contributed by atoms with van der Waals surface area (Å²) in [6.45, 7) is 3.22. The van der Waals surface area contributed by atoms with Crippen LogP contribution in [-0.2, 0) is 19.1 Å². The van der Waals surface area contributed by atoms with Gasteiger partial charge in [-0.25, -0.2) is 4.79 Å². The lowest BCUT2D eigenvalue weighted by Gasteiger charge is -2.20. The Bertz CT molecular complexity index is 360. The van der Waals surface area contributed by atoms with Crippen LogP contribution in [0.4, 0.5) is 0 Å². The van der Waals surface area contributed by atoms with Gasteiger partial charge >= 0.3 is 5.97 Å². The SMILES string of the molecule is CCNC1COCC1C(=O)NC(CC(N)=O)C(=O)O. The van der Waals surface area contributed by atoms with Gasteiger partial charge < -0.3 is 26.2 Å². The highest BCUT2D eigenvalue weighted by molar-refractivity contribution is 5.89. The smallest absolute Gasteiger partial charge is 0.326 e. The molecule has 1 heterocycles. The second-order valence-corrected chi connectivity index (χ2v) is 4.38. The number of nitrogens with one attached hydrogen (secondary N) is 2. The molecule has 0 radical (unpaired) electrons. The predicted molar refractivity (Wildman–Crippen MR) is 65.2 cm³/mol. The number of carbonyl (C=O) groups excluding carboxylic acids is 2. The van der Waals surface area contributed by atoms with E-state index < -0.39 is 36.2 Å². The highest BCUT2D eigenvalue weighted by atomic mass is 16.5. The lowest BCUT2D eigenvalue weighted by atomic mass is 10.0. The molecule has 3 unspecified atom stereocenters. The average molecular weight is 273 g/mol. The standard InChI is InChI=1S/C11H19N3O5/c1-2-13-8-5-19-4-6(8)10(16)14-7(11(17)18)3-9(12)15/h6-8,13H,2-5H2,1H3,(H2,12,15)(H,14,16)(H,17,18). The van der Waals surface area contributed by atoms with Crippen molar-refractivity contribution in [1.82, 2.24) is 10.6 Å². The highest BCUT2D eigenvalue weighted by Gasteiger charge is 2.35. The van der Waals surface area contributed by atoms with Crippen molar-refractivity contribution in [2.24, 2.45) is 11.7 Å². The molecule has 0 aliphatic carbocycles. The first-order chi connectivity index (χ1) is 8.95. The van der Waals surface area contributed by atoms with Crippen molar-refractivity contribution in [2.45, 2.75) is 25.4 Å². The van der Waals surface area contributed by atoms with E-state index in [9.17, 15) is 14.4 Å². The Hall–Kier alpha value is -1.67. The number of likely N-dealkylation sites (N-methyl/N-ethyl adjacent to an activating group) is 1. The van der Waals surface area contributed by atoms with Crippen LogP contribution in [0.25, 0.3) is 0 Å². The van der Waals surface area contributed by atoms with Crippen LogP contribution in [0.15, 0.2) is 0 Å². The maximum atomic E-state index is 12.0.